The summed E-state index contributed by atoms with van der Waals surface area (Å²) < 4.78 is 30.9. The summed E-state index contributed by atoms with van der Waals surface area (Å²) in [5.41, 5.74) is 4.05. The average Bonchev–Trinajstić information content (AvgIpc) is 2.70. The Morgan fingerprint density at radius 3 is 2.33 bits per heavy atom. The molecule has 0 aliphatic heterocycles. The molecule has 2 aromatic carbocycles. The summed E-state index contributed by atoms with van der Waals surface area (Å²) in [7, 11) is -2.16. The van der Waals surface area contributed by atoms with Gasteiger partial charge in [0.2, 0.25) is 10.0 Å². The Labute approximate surface area is 157 Å². The highest BCUT2D eigenvalue weighted by Crippen LogP contribution is 2.12. The van der Waals surface area contributed by atoms with E-state index in [2.05, 4.69) is 15.2 Å². The molecule has 0 bridgehead atoms. The number of nitrogens with one attached hydrogen (secondary N) is 2. The Morgan fingerprint density at radius 2 is 1.78 bits per heavy atom. The van der Waals surface area contributed by atoms with Gasteiger partial charge in [-0.1, -0.05) is 12.1 Å². The molecule has 2 aromatic rings. The number of benzene rings is 2. The minimum Gasteiger partial charge on any atom is -0.484 e. The van der Waals surface area contributed by atoms with E-state index in [1.54, 1.807) is 43.3 Å². The van der Waals surface area contributed by atoms with E-state index in [-0.39, 0.29) is 11.5 Å². The third-order valence-electron chi connectivity index (χ3n) is 3.55. The second kappa shape index (κ2) is 8.93. The van der Waals surface area contributed by atoms with E-state index in [9.17, 15) is 13.2 Å². The van der Waals surface area contributed by atoms with Crippen LogP contribution in [0.25, 0.3) is 0 Å². The molecule has 2 rings (SSSR count). The monoisotopic (exact) mass is 386 g/mol. The van der Waals surface area contributed by atoms with Gasteiger partial charge in [-0.3, -0.25) is 4.79 Å². The molecule has 0 aromatic heterocycles. The highest BCUT2D eigenvalue weighted by molar-refractivity contribution is 7.89. The molecule has 1 amide bonds. The van der Waals surface area contributed by atoms with Gasteiger partial charge in [-0.25, -0.2) is 18.6 Å². The largest absolute Gasteiger partial charge is 0.484 e. The Balaban J connectivity index is 1.92. The number of rotatable bonds is 7. The summed E-state index contributed by atoms with van der Waals surface area (Å²) in [5, 5.41) is 12.7. The number of nitriles is 1. The van der Waals surface area contributed by atoms with Crippen molar-refractivity contribution in [2.45, 2.75) is 11.8 Å². The summed E-state index contributed by atoms with van der Waals surface area (Å²) >= 11 is 0. The number of hydrogen-bond acceptors (Lipinski definition) is 6. The summed E-state index contributed by atoms with van der Waals surface area (Å²) in [6, 6.07) is 14.5. The van der Waals surface area contributed by atoms with Crippen LogP contribution in [0.2, 0.25) is 0 Å². The summed E-state index contributed by atoms with van der Waals surface area (Å²) in [5.74, 6) is 0.0132. The Morgan fingerprint density at radius 1 is 1.15 bits per heavy atom. The third-order valence-corrected chi connectivity index (χ3v) is 4.98. The number of sulfonamides is 1. The number of hydrogen-bond donors (Lipinski definition) is 2. The van der Waals surface area contributed by atoms with Crippen molar-refractivity contribution in [1.82, 2.24) is 10.1 Å². The highest BCUT2D eigenvalue weighted by atomic mass is 32.2. The zero-order valence-corrected chi connectivity index (χ0v) is 15.6. The number of hydrazone groups is 1. The van der Waals surface area contributed by atoms with E-state index >= 15 is 0 Å². The van der Waals surface area contributed by atoms with Crippen molar-refractivity contribution in [3.8, 4) is 11.8 Å². The molecule has 2 N–H and O–H groups in total. The average molecular weight is 386 g/mol. The molecule has 0 saturated heterocycles. The van der Waals surface area contributed by atoms with Crippen molar-refractivity contribution in [3.63, 3.8) is 0 Å². The van der Waals surface area contributed by atoms with E-state index in [4.69, 9.17) is 10.00 Å². The van der Waals surface area contributed by atoms with Crippen LogP contribution in [0.4, 0.5) is 0 Å². The molecule has 0 aliphatic rings. The SMILES string of the molecule is CNS(=O)(=O)c1ccc(/C(C)=N\NC(=O)COc2ccc(C#N)cc2)cc1. The van der Waals surface area contributed by atoms with Crippen LogP contribution >= 0.6 is 0 Å². The fourth-order valence-corrected chi connectivity index (χ4v) is 2.74. The van der Waals surface area contributed by atoms with E-state index < -0.39 is 15.9 Å². The smallest absolute Gasteiger partial charge is 0.277 e. The number of carbonyl (C=O) groups is 1. The number of amides is 1. The van der Waals surface area contributed by atoms with Crippen molar-refractivity contribution in [3.05, 3.63) is 59.7 Å². The number of nitrogens with zero attached hydrogens (tertiary/aromatic N) is 2. The molecular weight excluding hydrogens is 368 g/mol. The molecular formula is C18H18N4O4S. The van der Waals surface area contributed by atoms with Gasteiger partial charge in [0, 0.05) is 0 Å². The van der Waals surface area contributed by atoms with Crippen LogP contribution < -0.4 is 14.9 Å². The summed E-state index contributed by atoms with van der Waals surface area (Å²) in [6.45, 7) is 1.45. The van der Waals surface area contributed by atoms with Gasteiger partial charge in [-0.15, -0.1) is 0 Å². The maximum absolute atomic E-state index is 11.8. The van der Waals surface area contributed by atoms with Gasteiger partial charge in [0.1, 0.15) is 5.75 Å². The molecule has 0 fully saturated rings. The van der Waals surface area contributed by atoms with Gasteiger partial charge < -0.3 is 4.74 Å². The molecule has 27 heavy (non-hydrogen) atoms. The van der Waals surface area contributed by atoms with Crippen LogP contribution in [-0.2, 0) is 14.8 Å². The van der Waals surface area contributed by atoms with Gasteiger partial charge in [-0.05, 0) is 55.9 Å². The van der Waals surface area contributed by atoms with Crippen molar-refractivity contribution >= 4 is 21.6 Å². The highest BCUT2D eigenvalue weighted by Gasteiger charge is 2.11. The maximum Gasteiger partial charge on any atom is 0.277 e. The predicted octanol–water partition coefficient (Wildman–Crippen LogP) is 1.39. The molecule has 0 saturated carbocycles. The normalized spacial score (nSPS) is 11.5. The van der Waals surface area contributed by atoms with Crippen LogP contribution in [0.3, 0.4) is 0 Å². The van der Waals surface area contributed by atoms with Crippen molar-refractivity contribution < 1.29 is 17.9 Å². The molecule has 0 unspecified atom stereocenters. The second-order valence-corrected chi connectivity index (χ2v) is 7.28. The molecule has 0 radical (unpaired) electrons. The fraction of sp³-hybridized carbons (Fsp3) is 0.167. The lowest BCUT2D eigenvalue weighted by molar-refractivity contribution is -0.123. The van der Waals surface area contributed by atoms with Gasteiger partial charge >= 0.3 is 0 Å². The van der Waals surface area contributed by atoms with Gasteiger partial charge in [0.15, 0.2) is 6.61 Å². The van der Waals surface area contributed by atoms with Crippen molar-refractivity contribution in [2.75, 3.05) is 13.7 Å². The maximum atomic E-state index is 11.8. The van der Waals surface area contributed by atoms with Crippen molar-refractivity contribution in [1.29, 1.82) is 5.26 Å². The van der Waals surface area contributed by atoms with Gasteiger partial charge in [0.25, 0.3) is 5.91 Å². The van der Waals surface area contributed by atoms with E-state index in [1.807, 2.05) is 6.07 Å². The number of carbonyl (C=O) groups excluding carboxylic acids is 1. The van der Waals surface area contributed by atoms with Crippen LogP contribution in [0.5, 0.6) is 5.75 Å². The van der Waals surface area contributed by atoms with E-state index in [1.165, 1.54) is 19.2 Å². The minimum absolute atomic E-state index is 0.140. The zero-order valence-electron chi connectivity index (χ0n) is 14.8. The van der Waals surface area contributed by atoms with Gasteiger partial charge in [0.05, 0.1) is 22.2 Å². The molecule has 0 atom stereocenters. The lowest BCUT2D eigenvalue weighted by atomic mass is 10.1. The molecule has 0 spiro atoms. The lowest BCUT2D eigenvalue weighted by Gasteiger charge is -2.07. The Bertz CT molecular complexity index is 976. The van der Waals surface area contributed by atoms with Crippen LogP contribution in [0.15, 0.2) is 58.5 Å². The minimum atomic E-state index is -3.50. The first-order valence-corrected chi connectivity index (χ1v) is 9.34. The van der Waals surface area contributed by atoms with Gasteiger partial charge in [-0.2, -0.15) is 10.4 Å². The van der Waals surface area contributed by atoms with E-state index in [0.29, 0.717) is 22.6 Å². The fourth-order valence-electron chi connectivity index (χ4n) is 2.01. The Kier molecular flexibility index (Phi) is 6.65. The summed E-state index contributed by atoms with van der Waals surface area (Å²) in [6.07, 6.45) is 0. The first-order valence-electron chi connectivity index (χ1n) is 7.86. The quantitative estimate of drug-likeness (QED) is 0.550. The molecule has 0 heterocycles. The Hall–Kier alpha value is -3.22. The topological polar surface area (TPSA) is 121 Å². The van der Waals surface area contributed by atoms with Crippen LogP contribution in [0, 0.1) is 11.3 Å². The second-order valence-electron chi connectivity index (χ2n) is 5.39. The first kappa shape index (κ1) is 20.1. The summed E-state index contributed by atoms with van der Waals surface area (Å²) in [4.78, 5) is 12.0. The predicted molar refractivity (Wildman–Crippen MR) is 99.7 cm³/mol. The molecule has 9 heteroatoms. The van der Waals surface area contributed by atoms with Crippen LogP contribution in [-0.4, -0.2) is 33.7 Å². The van der Waals surface area contributed by atoms with E-state index in [0.717, 1.165) is 0 Å². The number of ether oxygens (including phenoxy) is 1. The lowest BCUT2D eigenvalue weighted by Crippen LogP contribution is -2.25. The van der Waals surface area contributed by atoms with Crippen LogP contribution in [0.1, 0.15) is 18.1 Å². The molecule has 0 aliphatic carbocycles. The standard InChI is InChI=1S/C18H18N4O4S/c1-13(15-5-9-17(10-6-15)27(24,25)20-2)21-22-18(23)12-26-16-7-3-14(11-19)4-8-16/h3-10,20H,12H2,1-2H3,(H,22,23)/b21-13-. The van der Waals surface area contributed by atoms with Crippen molar-refractivity contribution in [2.24, 2.45) is 5.10 Å². The first-order chi connectivity index (χ1) is 12.9. The third kappa shape index (κ3) is 5.64. The zero-order chi connectivity index (χ0) is 19.9. The molecule has 8 nitrogen and oxygen atoms in total. The molecule has 140 valence electrons.